The third-order valence-corrected chi connectivity index (χ3v) is 6.93. The van der Waals surface area contributed by atoms with Crippen LogP contribution in [0.25, 0.3) is 0 Å². The fraction of sp³-hybridized carbons (Fsp3) is 0.579. The Hall–Kier alpha value is -1.84. The van der Waals surface area contributed by atoms with E-state index in [4.69, 9.17) is 0 Å². The summed E-state index contributed by atoms with van der Waals surface area (Å²) < 4.78 is 0. The Kier molecular flexibility index (Phi) is 3.36. The molecule has 2 unspecified atom stereocenters. The van der Waals surface area contributed by atoms with Crippen LogP contribution in [-0.4, -0.2) is 16.8 Å². The molecule has 2 N–H and O–H groups in total. The third-order valence-electron chi connectivity index (χ3n) is 6.93. The molecule has 0 aromatic heterocycles. The Labute approximate surface area is 138 Å². The number of aryl methyl sites for hydroxylation is 2. The number of anilines is 1. The summed E-state index contributed by atoms with van der Waals surface area (Å²) in [6, 6.07) is 6.09. The first-order valence-corrected chi connectivity index (χ1v) is 8.28. The van der Waals surface area contributed by atoms with Crippen molar-refractivity contribution in [2.45, 2.75) is 53.9 Å². The van der Waals surface area contributed by atoms with E-state index in [9.17, 15) is 10.0 Å². The number of nitrogens with zero attached hydrogens (tertiary/aromatic N) is 1. The number of benzene rings is 1. The number of hydrogen-bond donors (Lipinski definition) is 2. The van der Waals surface area contributed by atoms with E-state index >= 15 is 0 Å². The van der Waals surface area contributed by atoms with E-state index in [-0.39, 0.29) is 16.7 Å². The van der Waals surface area contributed by atoms with Gasteiger partial charge in [-0.2, -0.15) is 0 Å². The van der Waals surface area contributed by atoms with Gasteiger partial charge in [-0.3, -0.25) is 4.79 Å². The maximum absolute atomic E-state index is 13.2. The van der Waals surface area contributed by atoms with E-state index in [2.05, 4.69) is 31.2 Å². The van der Waals surface area contributed by atoms with E-state index in [0.29, 0.717) is 6.42 Å². The van der Waals surface area contributed by atoms with Crippen molar-refractivity contribution >= 4 is 17.3 Å². The second-order valence-electron chi connectivity index (χ2n) is 8.04. The molecule has 2 aliphatic carbocycles. The highest BCUT2D eigenvalue weighted by molar-refractivity contribution is 6.06. The van der Waals surface area contributed by atoms with Crippen LogP contribution in [-0.2, 0) is 4.79 Å². The maximum Gasteiger partial charge on any atom is 0.231 e. The van der Waals surface area contributed by atoms with Crippen LogP contribution >= 0.6 is 0 Å². The largest absolute Gasteiger partial charge is 0.411 e. The van der Waals surface area contributed by atoms with E-state index in [0.717, 1.165) is 35.4 Å². The molecule has 0 heterocycles. The minimum atomic E-state index is -0.500. The molecule has 2 bridgehead atoms. The predicted molar refractivity (Wildman–Crippen MR) is 91.9 cm³/mol. The zero-order valence-corrected chi connectivity index (χ0v) is 14.7. The van der Waals surface area contributed by atoms with E-state index in [1.54, 1.807) is 0 Å². The molecule has 0 radical (unpaired) electrons. The van der Waals surface area contributed by atoms with Gasteiger partial charge in [-0.15, -0.1) is 0 Å². The van der Waals surface area contributed by atoms with Gasteiger partial charge in [-0.05, 0) is 49.3 Å². The van der Waals surface area contributed by atoms with Gasteiger partial charge < -0.3 is 10.5 Å². The number of oxime groups is 1. The van der Waals surface area contributed by atoms with Crippen LogP contribution in [0.4, 0.5) is 5.69 Å². The lowest BCUT2D eigenvalue weighted by atomic mass is 9.64. The van der Waals surface area contributed by atoms with E-state index < -0.39 is 5.41 Å². The zero-order chi connectivity index (χ0) is 17.0. The summed E-state index contributed by atoms with van der Waals surface area (Å²) >= 11 is 0. The fourth-order valence-corrected chi connectivity index (χ4v) is 4.65. The summed E-state index contributed by atoms with van der Waals surface area (Å²) in [6.45, 7) is 10.4. The SMILES string of the molecule is Cc1ccc(C)c(NC(=O)C23CCC(C)(C(=NO)C2)C3(C)C)c1. The molecule has 124 valence electrons. The monoisotopic (exact) mass is 314 g/mol. The van der Waals surface area contributed by atoms with Crippen LogP contribution in [0.3, 0.4) is 0 Å². The number of nitrogens with one attached hydrogen (secondary N) is 1. The Balaban J connectivity index is 1.98. The molecule has 0 aliphatic heterocycles. The highest BCUT2D eigenvalue weighted by atomic mass is 16.4. The molecule has 1 aromatic rings. The molecule has 2 aliphatic rings. The van der Waals surface area contributed by atoms with Gasteiger partial charge in [0.05, 0.1) is 11.1 Å². The number of fused-ring (bicyclic) bond motifs is 2. The first-order chi connectivity index (χ1) is 10.7. The van der Waals surface area contributed by atoms with Crippen molar-refractivity contribution < 1.29 is 10.0 Å². The van der Waals surface area contributed by atoms with E-state index in [1.165, 1.54) is 0 Å². The van der Waals surface area contributed by atoms with Gasteiger partial charge in [0.25, 0.3) is 0 Å². The zero-order valence-electron chi connectivity index (χ0n) is 14.7. The number of hydrogen-bond acceptors (Lipinski definition) is 3. The predicted octanol–water partition coefficient (Wildman–Crippen LogP) is 4.29. The van der Waals surface area contributed by atoms with Crippen molar-refractivity contribution in [3.8, 4) is 0 Å². The number of carbonyl (C=O) groups excluding carboxylic acids is 1. The molecule has 4 heteroatoms. The summed E-state index contributed by atoms with van der Waals surface area (Å²) in [4.78, 5) is 13.2. The normalized spacial score (nSPS) is 33.2. The molecule has 2 fully saturated rings. The van der Waals surface area contributed by atoms with Gasteiger partial charge in [0.2, 0.25) is 5.91 Å². The van der Waals surface area contributed by atoms with Gasteiger partial charge in [0.15, 0.2) is 0 Å². The smallest absolute Gasteiger partial charge is 0.231 e. The molecular formula is C19H26N2O2. The van der Waals surface area contributed by atoms with Gasteiger partial charge in [0.1, 0.15) is 0 Å². The summed E-state index contributed by atoms with van der Waals surface area (Å²) in [7, 11) is 0. The van der Waals surface area contributed by atoms with E-state index in [1.807, 2.05) is 32.0 Å². The van der Waals surface area contributed by atoms with Crippen molar-refractivity contribution in [1.29, 1.82) is 0 Å². The number of carbonyl (C=O) groups is 1. The molecule has 0 saturated heterocycles. The molecule has 4 nitrogen and oxygen atoms in total. The average molecular weight is 314 g/mol. The minimum Gasteiger partial charge on any atom is -0.411 e. The fourth-order valence-electron chi connectivity index (χ4n) is 4.65. The Morgan fingerprint density at radius 2 is 1.91 bits per heavy atom. The van der Waals surface area contributed by atoms with Crippen molar-refractivity contribution in [2.24, 2.45) is 21.4 Å². The molecule has 2 saturated carbocycles. The minimum absolute atomic E-state index is 0.0542. The van der Waals surface area contributed by atoms with Gasteiger partial charge in [0, 0.05) is 17.5 Å². The van der Waals surface area contributed by atoms with Gasteiger partial charge >= 0.3 is 0 Å². The lowest BCUT2D eigenvalue weighted by Crippen LogP contribution is -2.43. The third kappa shape index (κ3) is 1.90. The Morgan fingerprint density at radius 3 is 2.52 bits per heavy atom. The first-order valence-electron chi connectivity index (χ1n) is 8.28. The van der Waals surface area contributed by atoms with Gasteiger partial charge in [-0.25, -0.2) is 0 Å². The molecule has 23 heavy (non-hydrogen) atoms. The highest BCUT2D eigenvalue weighted by Crippen LogP contribution is 2.71. The molecule has 2 atom stereocenters. The first kappa shape index (κ1) is 16.0. The lowest BCUT2D eigenvalue weighted by Gasteiger charge is -2.39. The summed E-state index contributed by atoms with van der Waals surface area (Å²) in [5.41, 5.74) is 2.90. The summed E-state index contributed by atoms with van der Waals surface area (Å²) in [6.07, 6.45) is 2.27. The second kappa shape index (κ2) is 4.83. The second-order valence-corrected chi connectivity index (χ2v) is 8.04. The molecule has 1 amide bonds. The number of rotatable bonds is 2. The van der Waals surface area contributed by atoms with Gasteiger partial charge in [-0.1, -0.05) is 38.1 Å². The summed E-state index contributed by atoms with van der Waals surface area (Å²) in [5, 5.41) is 16.1. The molecular weight excluding hydrogens is 288 g/mol. The van der Waals surface area contributed by atoms with Crippen LogP contribution in [0.1, 0.15) is 51.2 Å². The number of amides is 1. The van der Waals surface area contributed by atoms with Crippen molar-refractivity contribution in [1.82, 2.24) is 0 Å². The Bertz CT molecular complexity index is 707. The molecule has 0 spiro atoms. The summed E-state index contributed by atoms with van der Waals surface area (Å²) in [5.74, 6) is 0.0542. The average Bonchev–Trinajstić information content (AvgIpc) is 2.80. The van der Waals surface area contributed by atoms with Crippen LogP contribution in [0.5, 0.6) is 0 Å². The van der Waals surface area contributed by atoms with Crippen molar-refractivity contribution in [3.05, 3.63) is 29.3 Å². The van der Waals surface area contributed by atoms with Crippen LogP contribution in [0.15, 0.2) is 23.4 Å². The van der Waals surface area contributed by atoms with Crippen molar-refractivity contribution in [3.63, 3.8) is 0 Å². The Morgan fingerprint density at radius 1 is 1.22 bits per heavy atom. The standard InChI is InChI=1S/C19H26N2O2/c1-12-6-7-13(2)14(10-12)20-16(22)19-9-8-18(5,17(19,3)4)15(11-19)21-23/h6-7,10,23H,8-9,11H2,1-5H3,(H,20,22). The topological polar surface area (TPSA) is 61.7 Å². The van der Waals surface area contributed by atoms with Crippen molar-refractivity contribution in [2.75, 3.05) is 5.32 Å². The highest BCUT2D eigenvalue weighted by Gasteiger charge is 2.71. The van der Waals surface area contributed by atoms with Crippen LogP contribution in [0.2, 0.25) is 0 Å². The lowest BCUT2D eigenvalue weighted by molar-refractivity contribution is -0.130. The van der Waals surface area contributed by atoms with Crippen LogP contribution in [0, 0.1) is 30.1 Å². The molecule has 1 aromatic carbocycles. The maximum atomic E-state index is 13.2. The molecule has 3 rings (SSSR count). The quantitative estimate of drug-likeness (QED) is 0.632. The van der Waals surface area contributed by atoms with Crippen LogP contribution < -0.4 is 5.32 Å².